The molecule has 0 saturated heterocycles. The standard InChI is InChI=1S/C18H32O/c1-3-14-19-15-13-18(2)11-9-17(10-12-18)16-7-5-4-6-8-16/h3,16-17H,1,4-15H2,2H3/t17-,18-. The first-order valence-electron chi connectivity index (χ1n) is 8.42. The van der Waals surface area contributed by atoms with Crippen molar-refractivity contribution in [1.82, 2.24) is 0 Å². The lowest BCUT2D eigenvalue weighted by atomic mass is 9.65. The second-order valence-corrected chi connectivity index (χ2v) is 7.16. The molecule has 0 atom stereocenters. The summed E-state index contributed by atoms with van der Waals surface area (Å²) in [4.78, 5) is 0. The predicted octanol–water partition coefficient (Wildman–Crippen LogP) is 5.36. The topological polar surface area (TPSA) is 9.23 Å². The van der Waals surface area contributed by atoms with E-state index in [0.717, 1.165) is 18.4 Å². The van der Waals surface area contributed by atoms with Crippen molar-refractivity contribution in [3.8, 4) is 0 Å². The Morgan fingerprint density at radius 2 is 1.68 bits per heavy atom. The summed E-state index contributed by atoms with van der Waals surface area (Å²) in [7, 11) is 0. The first kappa shape index (κ1) is 15.1. The lowest BCUT2D eigenvalue weighted by Gasteiger charge is -2.41. The van der Waals surface area contributed by atoms with Gasteiger partial charge in [0.1, 0.15) is 0 Å². The molecular formula is C18H32O. The lowest BCUT2D eigenvalue weighted by molar-refractivity contribution is 0.0682. The fourth-order valence-electron chi connectivity index (χ4n) is 4.15. The Morgan fingerprint density at radius 3 is 2.32 bits per heavy atom. The van der Waals surface area contributed by atoms with E-state index in [9.17, 15) is 0 Å². The number of ether oxygens (including phenoxy) is 1. The van der Waals surface area contributed by atoms with E-state index in [1.54, 1.807) is 0 Å². The van der Waals surface area contributed by atoms with Crippen molar-refractivity contribution in [3.63, 3.8) is 0 Å². The zero-order valence-corrected chi connectivity index (χ0v) is 12.8. The fourth-order valence-corrected chi connectivity index (χ4v) is 4.15. The largest absolute Gasteiger partial charge is 0.377 e. The van der Waals surface area contributed by atoms with Gasteiger partial charge in [0.15, 0.2) is 0 Å². The van der Waals surface area contributed by atoms with Crippen molar-refractivity contribution in [2.75, 3.05) is 13.2 Å². The third-order valence-corrected chi connectivity index (χ3v) is 5.64. The van der Waals surface area contributed by atoms with Crippen LogP contribution in [0.25, 0.3) is 0 Å². The van der Waals surface area contributed by atoms with Gasteiger partial charge in [-0.05, 0) is 49.4 Å². The summed E-state index contributed by atoms with van der Waals surface area (Å²) in [5.41, 5.74) is 0.548. The van der Waals surface area contributed by atoms with Crippen LogP contribution in [-0.4, -0.2) is 13.2 Å². The summed E-state index contributed by atoms with van der Waals surface area (Å²) >= 11 is 0. The van der Waals surface area contributed by atoms with Gasteiger partial charge in [-0.1, -0.05) is 45.1 Å². The SMILES string of the molecule is C=CCOCC[C@]1(C)CC[C@@H](C2CCCCC2)CC1. The third-order valence-electron chi connectivity index (χ3n) is 5.64. The van der Waals surface area contributed by atoms with Crippen LogP contribution in [0.5, 0.6) is 0 Å². The summed E-state index contributed by atoms with van der Waals surface area (Å²) in [5, 5.41) is 0. The van der Waals surface area contributed by atoms with Crippen LogP contribution in [0, 0.1) is 17.3 Å². The molecule has 2 saturated carbocycles. The molecule has 0 aromatic carbocycles. The van der Waals surface area contributed by atoms with E-state index >= 15 is 0 Å². The van der Waals surface area contributed by atoms with Gasteiger partial charge in [0.05, 0.1) is 6.61 Å². The minimum Gasteiger partial charge on any atom is -0.377 e. The second-order valence-electron chi connectivity index (χ2n) is 7.16. The molecule has 0 amide bonds. The molecule has 19 heavy (non-hydrogen) atoms. The first-order chi connectivity index (χ1) is 9.23. The summed E-state index contributed by atoms with van der Waals surface area (Å²) in [6.07, 6.45) is 16.4. The Bertz CT molecular complexity index is 257. The Labute approximate surface area is 119 Å². The van der Waals surface area contributed by atoms with Crippen molar-refractivity contribution in [1.29, 1.82) is 0 Å². The minimum atomic E-state index is 0.548. The molecule has 0 unspecified atom stereocenters. The van der Waals surface area contributed by atoms with E-state index in [0.29, 0.717) is 12.0 Å². The van der Waals surface area contributed by atoms with Gasteiger partial charge in [-0.2, -0.15) is 0 Å². The maximum atomic E-state index is 5.58. The predicted molar refractivity (Wildman–Crippen MR) is 82.3 cm³/mol. The van der Waals surface area contributed by atoms with Gasteiger partial charge in [-0.25, -0.2) is 0 Å². The highest BCUT2D eigenvalue weighted by molar-refractivity contribution is 4.85. The van der Waals surface area contributed by atoms with Crippen LogP contribution < -0.4 is 0 Å². The third kappa shape index (κ3) is 4.63. The molecule has 1 heteroatoms. The highest BCUT2D eigenvalue weighted by Crippen LogP contribution is 2.46. The van der Waals surface area contributed by atoms with E-state index < -0.39 is 0 Å². The van der Waals surface area contributed by atoms with E-state index in [1.807, 2.05) is 6.08 Å². The molecule has 0 N–H and O–H groups in total. The Hall–Kier alpha value is -0.300. The lowest BCUT2D eigenvalue weighted by Crippen LogP contribution is -2.30. The van der Waals surface area contributed by atoms with E-state index in [2.05, 4.69) is 13.5 Å². The Morgan fingerprint density at radius 1 is 1.05 bits per heavy atom. The average molecular weight is 264 g/mol. The normalized spacial score (nSPS) is 33.2. The molecule has 0 bridgehead atoms. The monoisotopic (exact) mass is 264 g/mol. The van der Waals surface area contributed by atoms with Crippen molar-refractivity contribution in [3.05, 3.63) is 12.7 Å². The molecule has 1 nitrogen and oxygen atoms in total. The molecule has 0 aromatic rings. The number of hydrogen-bond donors (Lipinski definition) is 0. The van der Waals surface area contributed by atoms with Crippen molar-refractivity contribution >= 4 is 0 Å². The van der Waals surface area contributed by atoms with Crippen LogP contribution in [0.4, 0.5) is 0 Å². The summed E-state index contributed by atoms with van der Waals surface area (Å²) in [6, 6.07) is 0. The van der Waals surface area contributed by atoms with Crippen LogP contribution in [-0.2, 0) is 4.74 Å². The Balaban J connectivity index is 1.69. The van der Waals surface area contributed by atoms with Crippen molar-refractivity contribution in [2.24, 2.45) is 17.3 Å². The summed E-state index contributed by atoms with van der Waals surface area (Å²) in [5.74, 6) is 2.11. The maximum Gasteiger partial charge on any atom is 0.0644 e. The second kappa shape index (κ2) is 7.47. The first-order valence-corrected chi connectivity index (χ1v) is 8.42. The van der Waals surface area contributed by atoms with Gasteiger partial charge in [0.2, 0.25) is 0 Å². The number of hydrogen-bond acceptors (Lipinski definition) is 1. The molecule has 2 rings (SSSR count). The maximum absolute atomic E-state index is 5.58. The highest BCUT2D eigenvalue weighted by Gasteiger charge is 2.34. The molecule has 0 radical (unpaired) electrons. The Kier molecular flexibility index (Phi) is 5.94. The van der Waals surface area contributed by atoms with E-state index in [1.165, 1.54) is 64.2 Å². The summed E-state index contributed by atoms with van der Waals surface area (Å²) in [6.45, 7) is 7.80. The van der Waals surface area contributed by atoms with Crippen LogP contribution >= 0.6 is 0 Å². The fraction of sp³-hybridized carbons (Fsp3) is 0.889. The van der Waals surface area contributed by atoms with Gasteiger partial charge in [0.25, 0.3) is 0 Å². The molecule has 2 aliphatic carbocycles. The van der Waals surface area contributed by atoms with Crippen molar-refractivity contribution in [2.45, 2.75) is 71.1 Å². The van der Waals surface area contributed by atoms with Gasteiger partial charge in [0, 0.05) is 6.61 Å². The van der Waals surface area contributed by atoms with Gasteiger partial charge < -0.3 is 4.74 Å². The molecule has 2 aliphatic rings. The highest BCUT2D eigenvalue weighted by atomic mass is 16.5. The van der Waals surface area contributed by atoms with Crippen LogP contribution in [0.2, 0.25) is 0 Å². The minimum absolute atomic E-state index is 0.548. The quantitative estimate of drug-likeness (QED) is 0.464. The van der Waals surface area contributed by atoms with Crippen LogP contribution in [0.1, 0.15) is 71.1 Å². The summed E-state index contributed by atoms with van der Waals surface area (Å²) < 4.78 is 5.58. The van der Waals surface area contributed by atoms with Gasteiger partial charge in [-0.3, -0.25) is 0 Å². The average Bonchev–Trinajstić information content (AvgIpc) is 2.46. The van der Waals surface area contributed by atoms with Crippen LogP contribution in [0.15, 0.2) is 12.7 Å². The van der Waals surface area contributed by atoms with E-state index in [4.69, 9.17) is 4.74 Å². The molecule has 0 heterocycles. The van der Waals surface area contributed by atoms with Crippen LogP contribution in [0.3, 0.4) is 0 Å². The molecular weight excluding hydrogens is 232 g/mol. The van der Waals surface area contributed by atoms with E-state index in [-0.39, 0.29) is 0 Å². The molecule has 2 fully saturated rings. The smallest absolute Gasteiger partial charge is 0.0644 e. The van der Waals surface area contributed by atoms with Gasteiger partial charge >= 0.3 is 0 Å². The zero-order valence-electron chi connectivity index (χ0n) is 12.8. The van der Waals surface area contributed by atoms with Crippen molar-refractivity contribution < 1.29 is 4.74 Å². The number of rotatable bonds is 6. The molecule has 0 aliphatic heterocycles. The zero-order chi connectivity index (χ0) is 13.6. The molecule has 0 aromatic heterocycles. The molecule has 0 spiro atoms. The van der Waals surface area contributed by atoms with Gasteiger partial charge in [-0.15, -0.1) is 6.58 Å². The molecule has 110 valence electrons.